The highest BCUT2D eigenvalue weighted by molar-refractivity contribution is 5.87. The Labute approximate surface area is 143 Å². The standard InChI is InChI=1S/C18H17N3O4/c1-12-13(8-19-20(12)2)9-21-10-15(18(23)24)17(22)16(11-21)25-14-6-4-3-5-7-14/h3-8,10-11H,9H2,1-2H3,(H,23,24). The van der Waals surface area contributed by atoms with Crippen molar-refractivity contribution in [1.82, 2.24) is 14.3 Å². The summed E-state index contributed by atoms with van der Waals surface area (Å²) in [6, 6.07) is 8.76. The van der Waals surface area contributed by atoms with E-state index in [4.69, 9.17) is 4.74 Å². The predicted molar refractivity (Wildman–Crippen MR) is 91.2 cm³/mol. The molecule has 0 bridgehead atoms. The van der Waals surface area contributed by atoms with E-state index >= 15 is 0 Å². The van der Waals surface area contributed by atoms with E-state index < -0.39 is 11.4 Å². The van der Waals surface area contributed by atoms with Crippen molar-refractivity contribution in [1.29, 1.82) is 0 Å². The number of nitrogens with zero attached hydrogens (tertiary/aromatic N) is 3. The molecule has 0 aliphatic carbocycles. The van der Waals surface area contributed by atoms with Gasteiger partial charge in [-0.25, -0.2) is 4.79 Å². The molecule has 0 amide bonds. The Bertz CT molecular complexity index is 974. The molecule has 3 aromatic rings. The van der Waals surface area contributed by atoms with Gasteiger partial charge in [0.25, 0.3) is 0 Å². The second-order valence-electron chi connectivity index (χ2n) is 5.64. The van der Waals surface area contributed by atoms with Gasteiger partial charge in [-0.15, -0.1) is 0 Å². The number of para-hydroxylation sites is 1. The van der Waals surface area contributed by atoms with Gasteiger partial charge in [0.05, 0.1) is 18.9 Å². The minimum atomic E-state index is -1.29. The summed E-state index contributed by atoms with van der Waals surface area (Å²) in [6.45, 7) is 2.30. The number of benzene rings is 1. The van der Waals surface area contributed by atoms with Crippen LogP contribution in [0.25, 0.3) is 0 Å². The Hall–Kier alpha value is -3.35. The second kappa shape index (κ2) is 6.64. The zero-order valence-corrected chi connectivity index (χ0v) is 13.8. The van der Waals surface area contributed by atoms with Crippen molar-refractivity contribution in [2.45, 2.75) is 13.5 Å². The van der Waals surface area contributed by atoms with Crippen molar-refractivity contribution in [3.8, 4) is 11.5 Å². The molecule has 2 aromatic heterocycles. The summed E-state index contributed by atoms with van der Waals surface area (Å²) in [5.41, 5.74) is 0.889. The number of aromatic carboxylic acids is 1. The third kappa shape index (κ3) is 3.45. The fourth-order valence-corrected chi connectivity index (χ4v) is 2.43. The number of carboxylic acid groups (broad SMARTS) is 1. The van der Waals surface area contributed by atoms with Crippen molar-refractivity contribution < 1.29 is 14.6 Å². The predicted octanol–water partition coefficient (Wildman–Crippen LogP) is 2.43. The molecular formula is C18H17N3O4. The monoisotopic (exact) mass is 339 g/mol. The molecule has 0 spiro atoms. The van der Waals surface area contributed by atoms with E-state index in [1.807, 2.05) is 20.0 Å². The zero-order chi connectivity index (χ0) is 18.0. The number of ether oxygens (including phenoxy) is 1. The average Bonchev–Trinajstić information content (AvgIpc) is 2.90. The van der Waals surface area contributed by atoms with E-state index in [-0.39, 0.29) is 11.3 Å². The number of carbonyl (C=O) groups is 1. The van der Waals surface area contributed by atoms with Gasteiger partial charge in [0, 0.05) is 24.5 Å². The van der Waals surface area contributed by atoms with Crippen LogP contribution in [0.2, 0.25) is 0 Å². The Morgan fingerprint density at radius 2 is 1.96 bits per heavy atom. The van der Waals surface area contributed by atoms with E-state index in [2.05, 4.69) is 5.10 Å². The smallest absolute Gasteiger partial charge is 0.341 e. The van der Waals surface area contributed by atoms with Crippen molar-refractivity contribution in [3.63, 3.8) is 0 Å². The Balaban J connectivity index is 2.02. The molecule has 1 N–H and O–H groups in total. The van der Waals surface area contributed by atoms with Crippen LogP contribution in [0.15, 0.2) is 53.7 Å². The van der Waals surface area contributed by atoms with Crippen LogP contribution in [0.1, 0.15) is 21.6 Å². The first kappa shape index (κ1) is 16.5. The molecule has 0 aliphatic rings. The Morgan fingerprint density at radius 1 is 1.24 bits per heavy atom. The lowest BCUT2D eigenvalue weighted by molar-refractivity contribution is 0.0694. The number of hydrogen-bond donors (Lipinski definition) is 1. The Morgan fingerprint density at radius 3 is 2.56 bits per heavy atom. The first-order chi connectivity index (χ1) is 12.0. The van der Waals surface area contributed by atoms with E-state index in [1.165, 1.54) is 12.4 Å². The molecule has 0 atom stereocenters. The highest BCUT2D eigenvalue weighted by Gasteiger charge is 2.16. The van der Waals surface area contributed by atoms with Crippen LogP contribution in [0.5, 0.6) is 11.5 Å². The lowest BCUT2D eigenvalue weighted by Crippen LogP contribution is -2.19. The summed E-state index contributed by atoms with van der Waals surface area (Å²) in [4.78, 5) is 23.8. The van der Waals surface area contributed by atoms with Crippen LogP contribution in [0.4, 0.5) is 0 Å². The van der Waals surface area contributed by atoms with E-state index in [0.29, 0.717) is 12.3 Å². The summed E-state index contributed by atoms with van der Waals surface area (Å²) in [7, 11) is 1.83. The number of aryl methyl sites for hydroxylation is 1. The van der Waals surface area contributed by atoms with Gasteiger partial charge in [-0.2, -0.15) is 5.10 Å². The summed E-state index contributed by atoms with van der Waals surface area (Å²) in [5, 5.41) is 13.5. The van der Waals surface area contributed by atoms with Gasteiger partial charge in [0.2, 0.25) is 5.43 Å². The fraction of sp³-hybridized carbons (Fsp3) is 0.167. The molecule has 0 radical (unpaired) electrons. The minimum Gasteiger partial charge on any atom is -0.477 e. The quantitative estimate of drug-likeness (QED) is 0.771. The Kier molecular flexibility index (Phi) is 4.38. The van der Waals surface area contributed by atoms with Crippen LogP contribution >= 0.6 is 0 Å². The van der Waals surface area contributed by atoms with E-state index in [0.717, 1.165) is 11.3 Å². The molecule has 25 heavy (non-hydrogen) atoms. The van der Waals surface area contributed by atoms with Crippen LogP contribution in [-0.2, 0) is 13.6 Å². The van der Waals surface area contributed by atoms with Crippen LogP contribution in [0, 0.1) is 6.92 Å². The summed E-state index contributed by atoms with van der Waals surface area (Å²) in [5.74, 6) is -0.862. The third-order valence-electron chi connectivity index (χ3n) is 3.94. The lowest BCUT2D eigenvalue weighted by Gasteiger charge is -2.11. The molecule has 0 saturated carbocycles. The van der Waals surface area contributed by atoms with Gasteiger partial charge in [-0.1, -0.05) is 18.2 Å². The van der Waals surface area contributed by atoms with Gasteiger partial charge in [0.1, 0.15) is 11.3 Å². The molecule has 1 aromatic carbocycles. The van der Waals surface area contributed by atoms with Crippen molar-refractivity contribution in [3.05, 3.63) is 76.0 Å². The van der Waals surface area contributed by atoms with E-state index in [9.17, 15) is 14.7 Å². The van der Waals surface area contributed by atoms with Crippen molar-refractivity contribution in [2.24, 2.45) is 7.05 Å². The maximum atomic E-state index is 12.4. The topological polar surface area (TPSA) is 86.3 Å². The number of aromatic nitrogens is 3. The van der Waals surface area contributed by atoms with Crippen LogP contribution in [-0.4, -0.2) is 25.4 Å². The molecule has 0 fully saturated rings. The van der Waals surface area contributed by atoms with Crippen molar-refractivity contribution >= 4 is 5.97 Å². The molecule has 0 saturated heterocycles. The molecule has 7 heteroatoms. The fourth-order valence-electron chi connectivity index (χ4n) is 2.43. The number of pyridine rings is 1. The van der Waals surface area contributed by atoms with Crippen LogP contribution < -0.4 is 10.2 Å². The highest BCUT2D eigenvalue weighted by atomic mass is 16.5. The average molecular weight is 339 g/mol. The summed E-state index contributed by atoms with van der Waals surface area (Å²) in [6.07, 6.45) is 4.54. The van der Waals surface area contributed by atoms with Crippen molar-refractivity contribution in [2.75, 3.05) is 0 Å². The maximum Gasteiger partial charge on any atom is 0.341 e. The summed E-state index contributed by atoms with van der Waals surface area (Å²) < 4.78 is 8.95. The SMILES string of the molecule is Cc1c(Cn2cc(Oc3ccccc3)c(=O)c(C(=O)O)c2)cnn1C. The third-order valence-corrected chi connectivity index (χ3v) is 3.94. The molecule has 7 nitrogen and oxygen atoms in total. The lowest BCUT2D eigenvalue weighted by atomic mass is 10.2. The zero-order valence-electron chi connectivity index (χ0n) is 13.8. The molecule has 0 unspecified atom stereocenters. The number of rotatable bonds is 5. The first-order valence-electron chi connectivity index (χ1n) is 7.63. The number of carboxylic acids is 1. The van der Waals surface area contributed by atoms with Gasteiger partial charge < -0.3 is 14.4 Å². The summed E-state index contributed by atoms with van der Waals surface area (Å²) >= 11 is 0. The van der Waals surface area contributed by atoms with Gasteiger partial charge in [0.15, 0.2) is 5.75 Å². The number of hydrogen-bond acceptors (Lipinski definition) is 4. The van der Waals surface area contributed by atoms with Crippen LogP contribution in [0.3, 0.4) is 0 Å². The maximum absolute atomic E-state index is 12.4. The molecule has 2 heterocycles. The first-order valence-corrected chi connectivity index (χ1v) is 7.63. The second-order valence-corrected chi connectivity index (χ2v) is 5.64. The van der Waals surface area contributed by atoms with E-state index in [1.54, 1.807) is 39.7 Å². The largest absolute Gasteiger partial charge is 0.477 e. The molecule has 0 aliphatic heterocycles. The normalized spacial score (nSPS) is 10.6. The van der Waals surface area contributed by atoms with Gasteiger partial charge in [-0.05, 0) is 19.1 Å². The highest BCUT2D eigenvalue weighted by Crippen LogP contribution is 2.19. The molecular weight excluding hydrogens is 322 g/mol. The molecule has 3 rings (SSSR count). The van der Waals surface area contributed by atoms with Gasteiger partial charge in [-0.3, -0.25) is 9.48 Å². The molecule has 128 valence electrons. The minimum absolute atomic E-state index is 0.0346. The van der Waals surface area contributed by atoms with Gasteiger partial charge >= 0.3 is 5.97 Å².